The minimum absolute atomic E-state index is 0.443. The minimum Gasteiger partial charge on any atom is -0.382 e. The monoisotopic (exact) mass is 292 g/mol. The van der Waals surface area contributed by atoms with Crippen molar-refractivity contribution in [3.63, 3.8) is 0 Å². The summed E-state index contributed by atoms with van der Waals surface area (Å²) < 4.78 is 13.8. The van der Waals surface area contributed by atoms with Crippen molar-refractivity contribution < 1.29 is 4.21 Å². The molecule has 20 heavy (non-hydrogen) atoms. The third-order valence-electron chi connectivity index (χ3n) is 2.43. The number of hydrogen-bond acceptors (Lipinski definition) is 4. The second-order valence-electron chi connectivity index (χ2n) is 3.86. The van der Waals surface area contributed by atoms with Crippen molar-refractivity contribution >= 4 is 22.5 Å². The molecule has 0 spiro atoms. The lowest BCUT2D eigenvalue weighted by atomic mass is 10.1. The van der Waals surface area contributed by atoms with Gasteiger partial charge in [0.15, 0.2) is 0 Å². The normalized spacial score (nSPS) is 11.2. The molecule has 1 unspecified atom stereocenters. The van der Waals surface area contributed by atoms with Crippen LogP contribution in [-0.4, -0.2) is 20.4 Å². The smallest absolute Gasteiger partial charge is 0.144 e. The Hall–Kier alpha value is -1.95. The van der Waals surface area contributed by atoms with Crippen molar-refractivity contribution in [3.05, 3.63) is 36.2 Å². The molecular formula is C14H20N4OS. The van der Waals surface area contributed by atoms with Gasteiger partial charge in [-0.05, 0) is 19.1 Å². The quantitative estimate of drug-likeness (QED) is 0.911. The lowest BCUT2D eigenvalue weighted by Gasteiger charge is -2.06. The molecule has 1 atom stereocenters. The summed E-state index contributed by atoms with van der Waals surface area (Å²) in [6.07, 6.45) is 3.23. The van der Waals surface area contributed by atoms with Crippen LogP contribution in [0.3, 0.4) is 0 Å². The van der Waals surface area contributed by atoms with E-state index >= 15 is 0 Å². The fraction of sp³-hybridized carbons (Fsp3) is 0.286. The van der Waals surface area contributed by atoms with E-state index in [2.05, 4.69) is 14.7 Å². The van der Waals surface area contributed by atoms with E-state index in [1.165, 1.54) is 0 Å². The van der Waals surface area contributed by atoms with Crippen molar-refractivity contribution in [1.82, 2.24) is 9.97 Å². The summed E-state index contributed by atoms with van der Waals surface area (Å²) in [4.78, 5) is 8.44. The number of aryl methyl sites for hydroxylation is 1. The highest BCUT2D eigenvalue weighted by Gasteiger charge is 2.03. The zero-order valence-corrected chi connectivity index (χ0v) is 13.0. The molecule has 6 heteroatoms. The van der Waals surface area contributed by atoms with E-state index in [9.17, 15) is 4.21 Å². The molecule has 5 nitrogen and oxygen atoms in total. The summed E-state index contributed by atoms with van der Waals surface area (Å²) in [6.45, 7) is 5.82. The van der Waals surface area contributed by atoms with E-state index in [4.69, 9.17) is 5.73 Å². The fourth-order valence-corrected chi connectivity index (χ4v) is 1.97. The summed E-state index contributed by atoms with van der Waals surface area (Å²) in [5.74, 6) is 0.443. The number of aromatic nitrogens is 2. The molecule has 1 aromatic heterocycles. The first kappa shape index (κ1) is 16.1. The Labute approximate surface area is 122 Å². The molecule has 2 aromatic rings. The Bertz CT molecular complexity index is 584. The molecule has 0 radical (unpaired) electrons. The Morgan fingerprint density at radius 1 is 1.20 bits per heavy atom. The van der Waals surface area contributed by atoms with E-state index < -0.39 is 11.0 Å². The Kier molecular flexibility index (Phi) is 6.11. The topological polar surface area (TPSA) is 80.9 Å². The van der Waals surface area contributed by atoms with Crippen LogP contribution in [0, 0.1) is 6.92 Å². The lowest BCUT2D eigenvalue weighted by molar-refractivity contribution is 0.690. The van der Waals surface area contributed by atoms with Gasteiger partial charge < -0.3 is 10.5 Å². The summed E-state index contributed by atoms with van der Waals surface area (Å²) >= 11 is 0. The van der Waals surface area contributed by atoms with Crippen LogP contribution in [-0.2, 0) is 11.0 Å². The van der Waals surface area contributed by atoms with E-state index in [1.54, 1.807) is 12.5 Å². The van der Waals surface area contributed by atoms with Gasteiger partial charge in [0, 0.05) is 17.5 Å². The molecule has 0 saturated heterocycles. The van der Waals surface area contributed by atoms with Gasteiger partial charge in [0.25, 0.3) is 0 Å². The number of nitrogens with zero attached hydrogens (tertiary/aromatic N) is 2. The maximum atomic E-state index is 11.0. The number of anilines is 2. The molecule has 0 aliphatic rings. The number of nitrogen functional groups attached to an aromatic ring is 1. The molecule has 0 amide bonds. The molecule has 0 fully saturated rings. The van der Waals surface area contributed by atoms with E-state index in [-0.39, 0.29) is 0 Å². The van der Waals surface area contributed by atoms with Gasteiger partial charge in [-0.2, -0.15) is 0 Å². The highest BCUT2D eigenvalue weighted by molar-refractivity contribution is 7.85. The standard InChI is InChI=1S/C12H14N4OS.C2H6/c1-8-12(13)14-7-11(15-8)9-3-5-10(6-4-9)16-18(2)17;1-2/h3-7,16H,1-2H3,(H2,13,14);1-2H3. The molecule has 108 valence electrons. The third-order valence-corrected chi connectivity index (χ3v) is 2.95. The van der Waals surface area contributed by atoms with Gasteiger partial charge in [0.2, 0.25) is 0 Å². The first-order valence-corrected chi connectivity index (χ1v) is 7.91. The van der Waals surface area contributed by atoms with Crippen LogP contribution in [0.15, 0.2) is 30.5 Å². The molecule has 0 bridgehead atoms. The van der Waals surface area contributed by atoms with Crippen LogP contribution in [0.4, 0.5) is 11.5 Å². The van der Waals surface area contributed by atoms with Crippen LogP contribution < -0.4 is 10.5 Å². The van der Waals surface area contributed by atoms with E-state index in [0.29, 0.717) is 11.5 Å². The van der Waals surface area contributed by atoms with Gasteiger partial charge in [-0.25, -0.2) is 14.2 Å². The largest absolute Gasteiger partial charge is 0.382 e. The number of rotatable bonds is 3. The molecule has 0 aliphatic carbocycles. The molecule has 0 aliphatic heterocycles. The first-order valence-electron chi connectivity index (χ1n) is 6.36. The van der Waals surface area contributed by atoms with Crippen LogP contribution in [0.25, 0.3) is 11.3 Å². The molecule has 3 N–H and O–H groups in total. The van der Waals surface area contributed by atoms with Gasteiger partial charge in [0.05, 0.1) is 17.6 Å². The van der Waals surface area contributed by atoms with Crippen molar-refractivity contribution in [1.29, 1.82) is 0 Å². The summed E-state index contributed by atoms with van der Waals surface area (Å²) in [5, 5.41) is 0. The second-order valence-corrected chi connectivity index (χ2v) is 4.97. The van der Waals surface area contributed by atoms with Crippen molar-refractivity contribution in [2.45, 2.75) is 20.8 Å². The molecule has 1 aromatic carbocycles. The second kappa shape index (κ2) is 7.59. The van der Waals surface area contributed by atoms with Gasteiger partial charge in [-0.3, -0.25) is 0 Å². The average Bonchev–Trinajstić information content (AvgIpc) is 2.44. The van der Waals surface area contributed by atoms with Gasteiger partial charge >= 0.3 is 0 Å². The lowest BCUT2D eigenvalue weighted by Crippen LogP contribution is -2.01. The molecule has 1 heterocycles. The van der Waals surface area contributed by atoms with E-state index in [0.717, 1.165) is 16.9 Å². The van der Waals surface area contributed by atoms with Crippen molar-refractivity contribution in [2.75, 3.05) is 16.7 Å². The number of benzene rings is 1. The summed E-state index contributed by atoms with van der Waals surface area (Å²) in [6, 6.07) is 7.50. The first-order chi connectivity index (χ1) is 9.56. The van der Waals surface area contributed by atoms with Crippen molar-refractivity contribution in [3.8, 4) is 11.3 Å². The maximum Gasteiger partial charge on any atom is 0.144 e. The predicted octanol–water partition coefficient (Wildman–Crippen LogP) is 2.77. The molecule has 0 saturated carbocycles. The Morgan fingerprint density at radius 2 is 1.80 bits per heavy atom. The predicted molar refractivity (Wildman–Crippen MR) is 85.7 cm³/mol. The maximum absolute atomic E-state index is 11.0. The Balaban J connectivity index is 0.000000956. The fourth-order valence-electron chi connectivity index (χ4n) is 1.51. The molecular weight excluding hydrogens is 272 g/mol. The van der Waals surface area contributed by atoms with Gasteiger partial charge in [-0.15, -0.1) is 0 Å². The summed E-state index contributed by atoms with van der Waals surface area (Å²) in [5.41, 5.74) is 8.86. The third kappa shape index (κ3) is 4.31. The van der Waals surface area contributed by atoms with Crippen LogP contribution in [0.1, 0.15) is 19.5 Å². The SMILES string of the molecule is CC.Cc1nc(-c2ccc(NS(C)=O)cc2)cnc1N. The zero-order valence-electron chi connectivity index (χ0n) is 12.2. The highest BCUT2D eigenvalue weighted by atomic mass is 32.2. The number of nitrogens with two attached hydrogens (primary N) is 1. The van der Waals surface area contributed by atoms with Gasteiger partial charge in [-0.1, -0.05) is 26.0 Å². The average molecular weight is 292 g/mol. The van der Waals surface area contributed by atoms with Crippen molar-refractivity contribution in [2.24, 2.45) is 0 Å². The zero-order chi connectivity index (χ0) is 15.1. The van der Waals surface area contributed by atoms with E-state index in [1.807, 2.05) is 45.0 Å². The Morgan fingerprint density at radius 3 is 2.30 bits per heavy atom. The van der Waals surface area contributed by atoms with Crippen LogP contribution >= 0.6 is 0 Å². The van der Waals surface area contributed by atoms with Crippen LogP contribution in [0.5, 0.6) is 0 Å². The van der Waals surface area contributed by atoms with Gasteiger partial charge in [0.1, 0.15) is 16.8 Å². The number of hydrogen-bond donors (Lipinski definition) is 2. The van der Waals surface area contributed by atoms with Crippen LogP contribution in [0.2, 0.25) is 0 Å². The molecule has 2 rings (SSSR count). The summed E-state index contributed by atoms with van der Waals surface area (Å²) in [7, 11) is -1.07. The number of nitrogens with one attached hydrogen (secondary N) is 1. The minimum atomic E-state index is -1.07. The highest BCUT2D eigenvalue weighted by Crippen LogP contribution is 2.20.